The van der Waals surface area contributed by atoms with Gasteiger partial charge in [0.1, 0.15) is 5.82 Å². The van der Waals surface area contributed by atoms with Gasteiger partial charge in [-0.2, -0.15) is 0 Å². The fourth-order valence-electron chi connectivity index (χ4n) is 5.38. The molecule has 7 nitrogen and oxygen atoms in total. The first-order valence-electron chi connectivity index (χ1n) is 12.4. The van der Waals surface area contributed by atoms with E-state index in [-0.39, 0.29) is 22.8 Å². The second-order valence-corrected chi connectivity index (χ2v) is 11.5. The molecule has 0 bridgehead atoms. The van der Waals surface area contributed by atoms with E-state index in [0.29, 0.717) is 50.1 Å². The average molecular weight is 501 g/mol. The van der Waals surface area contributed by atoms with Gasteiger partial charge >= 0.3 is 0 Å². The Morgan fingerprint density at radius 3 is 2.25 bits per heavy atom. The highest BCUT2D eigenvalue weighted by Gasteiger charge is 2.33. The van der Waals surface area contributed by atoms with E-state index in [1.165, 1.54) is 11.1 Å². The number of aromatic amines is 1. The summed E-state index contributed by atoms with van der Waals surface area (Å²) < 4.78 is 29.2. The summed E-state index contributed by atoms with van der Waals surface area (Å²) in [6.07, 6.45) is 2.69. The molecule has 4 aromatic rings. The number of fused-ring (bicyclic) bond motifs is 2. The van der Waals surface area contributed by atoms with E-state index in [9.17, 15) is 13.2 Å². The SMILES string of the molecule is O=C([C@H]1CC[C@H](NS(=O)(=O)c2ccc3[nH]c(-c4ccccc4)nc3c2)CC1)N1Cc2ccccc2C1. The second-order valence-electron chi connectivity index (χ2n) is 9.76. The lowest BCUT2D eigenvalue weighted by atomic mass is 9.85. The van der Waals surface area contributed by atoms with Crippen LogP contribution in [0, 0.1) is 5.92 Å². The molecule has 36 heavy (non-hydrogen) atoms. The quantitative estimate of drug-likeness (QED) is 0.418. The van der Waals surface area contributed by atoms with E-state index in [1.54, 1.807) is 18.2 Å². The molecule has 6 rings (SSSR count). The van der Waals surface area contributed by atoms with Crippen molar-refractivity contribution in [2.24, 2.45) is 5.92 Å². The van der Waals surface area contributed by atoms with Crippen LogP contribution in [0.1, 0.15) is 36.8 Å². The standard InChI is InChI=1S/C28H28N4O3S/c33-28(32-17-21-8-4-5-9-22(21)18-32)20-10-12-23(13-11-20)31-36(34,35)24-14-15-25-26(16-24)30-27(29-25)19-6-2-1-3-7-19/h1-9,14-16,20,23,31H,10-13,17-18H2,(H,29,30)/t20-,23-. The molecule has 8 heteroatoms. The largest absolute Gasteiger partial charge is 0.338 e. The van der Waals surface area contributed by atoms with Crippen molar-refractivity contribution < 1.29 is 13.2 Å². The molecule has 0 saturated heterocycles. The molecule has 3 aromatic carbocycles. The van der Waals surface area contributed by atoms with Gasteiger partial charge in [-0.15, -0.1) is 0 Å². The summed E-state index contributed by atoms with van der Waals surface area (Å²) in [5.41, 5.74) is 4.78. The Morgan fingerprint density at radius 2 is 1.56 bits per heavy atom. The number of nitrogens with one attached hydrogen (secondary N) is 2. The zero-order valence-corrected chi connectivity index (χ0v) is 20.7. The molecule has 0 atom stereocenters. The van der Waals surface area contributed by atoms with E-state index < -0.39 is 10.0 Å². The first kappa shape index (κ1) is 22.9. The van der Waals surface area contributed by atoms with Gasteiger partial charge in [0.05, 0.1) is 15.9 Å². The Kier molecular flexibility index (Phi) is 5.85. The maximum Gasteiger partial charge on any atom is 0.240 e. The van der Waals surface area contributed by atoms with Gasteiger partial charge in [-0.3, -0.25) is 4.79 Å². The summed E-state index contributed by atoms with van der Waals surface area (Å²) in [6, 6.07) is 22.7. The number of sulfonamides is 1. The lowest BCUT2D eigenvalue weighted by Gasteiger charge is -2.30. The molecule has 0 radical (unpaired) electrons. The van der Waals surface area contributed by atoms with E-state index in [2.05, 4.69) is 26.8 Å². The summed E-state index contributed by atoms with van der Waals surface area (Å²) in [6.45, 7) is 1.34. The van der Waals surface area contributed by atoms with Gasteiger partial charge in [-0.05, 0) is 55.0 Å². The number of nitrogens with zero attached hydrogens (tertiary/aromatic N) is 2. The van der Waals surface area contributed by atoms with Crippen molar-refractivity contribution in [1.82, 2.24) is 19.6 Å². The zero-order chi connectivity index (χ0) is 24.7. The van der Waals surface area contributed by atoms with Crippen LogP contribution in [0.3, 0.4) is 0 Å². The molecule has 0 unspecified atom stereocenters. The van der Waals surface area contributed by atoms with Gasteiger partial charge < -0.3 is 9.88 Å². The predicted molar refractivity (Wildman–Crippen MR) is 138 cm³/mol. The Bertz CT molecular complexity index is 1500. The van der Waals surface area contributed by atoms with Crippen molar-refractivity contribution in [1.29, 1.82) is 0 Å². The highest BCUT2D eigenvalue weighted by atomic mass is 32.2. The number of rotatable bonds is 5. The van der Waals surface area contributed by atoms with Crippen LogP contribution in [0.15, 0.2) is 77.7 Å². The molecule has 184 valence electrons. The van der Waals surface area contributed by atoms with Crippen molar-refractivity contribution in [2.75, 3.05) is 0 Å². The number of amides is 1. The summed E-state index contributed by atoms with van der Waals surface area (Å²) in [7, 11) is -3.70. The highest BCUT2D eigenvalue weighted by Crippen LogP contribution is 2.31. The Morgan fingerprint density at radius 1 is 0.889 bits per heavy atom. The van der Waals surface area contributed by atoms with Gasteiger partial charge in [0.15, 0.2) is 0 Å². The molecule has 1 saturated carbocycles. The van der Waals surface area contributed by atoms with Crippen LogP contribution in [0.2, 0.25) is 0 Å². The minimum absolute atomic E-state index is 0.0446. The van der Waals surface area contributed by atoms with Gasteiger partial charge in [-0.1, -0.05) is 54.6 Å². The van der Waals surface area contributed by atoms with Crippen LogP contribution in [0.25, 0.3) is 22.4 Å². The minimum Gasteiger partial charge on any atom is -0.338 e. The van der Waals surface area contributed by atoms with Gasteiger partial charge in [-0.25, -0.2) is 18.1 Å². The Balaban J connectivity index is 1.09. The number of aromatic nitrogens is 2. The highest BCUT2D eigenvalue weighted by molar-refractivity contribution is 7.89. The molecule has 1 aromatic heterocycles. The van der Waals surface area contributed by atoms with Gasteiger partial charge in [0.25, 0.3) is 0 Å². The molecule has 1 aliphatic heterocycles. The topological polar surface area (TPSA) is 95.2 Å². The van der Waals surface area contributed by atoms with Crippen molar-refractivity contribution in [3.05, 3.63) is 83.9 Å². The third-order valence-electron chi connectivity index (χ3n) is 7.36. The third kappa shape index (κ3) is 4.42. The van der Waals surface area contributed by atoms with Crippen LogP contribution in [0.4, 0.5) is 0 Å². The first-order chi connectivity index (χ1) is 17.5. The third-order valence-corrected chi connectivity index (χ3v) is 8.88. The number of imidazole rings is 1. The van der Waals surface area contributed by atoms with Crippen molar-refractivity contribution in [3.8, 4) is 11.4 Å². The molecule has 2 N–H and O–H groups in total. The number of H-pyrrole nitrogens is 1. The van der Waals surface area contributed by atoms with Gasteiger partial charge in [0.2, 0.25) is 15.9 Å². The molecule has 1 aliphatic carbocycles. The molecule has 2 heterocycles. The summed E-state index contributed by atoms with van der Waals surface area (Å²) in [5, 5.41) is 0. The van der Waals surface area contributed by atoms with E-state index >= 15 is 0 Å². The van der Waals surface area contributed by atoms with Crippen LogP contribution in [-0.4, -0.2) is 35.2 Å². The fourth-order valence-corrected chi connectivity index (χ4v) is 6.70. The maximum atomic E-state index is 13.1. The molecule has 1 fully saturated rings. The second kappa shape index (κ2) is 9.19. The fraction of sp³-hybridized carbons (Fsp3) is 0.286. The number of hydrogen-bond acceptors (Lipinski definition) is 4. The molecule has 1 amide bonds. The van der Waals surface area contributed by atoms with Gasteiger partial charge in [0, 0.05) is 30.6 Å². The van der Waals surface area contributed by atoms with E-state index in [1.807, 2.05) is 47.4 Å². The van der Waals surface area contributed by atoms with Crippen molar-refractivity contribution >= 4 is 27.0 Å². The monoisotopic (exact) mass is 500 g/mol. The average Bonchev–Trinajstić information content (AvgIpc) is 3.53. The number of benzene rings is 3. The van der Waals surface area contributed by atoms with Crippen LogP contribution in [-0.2, 0) is 27.9 Å². The molecule has 2 aliphatic rings. The minimum atomic E-state index is -3.70. The lowest BCUT2D eigenvalue weighted by Crippen LogP contribution is -2.41. The summed E-state index contributed by atoms with van der Waals surface area (Å²) in [5.74, 6) is 0.847. The number of hydrogen-bond donors (Lipinski definition) is 2. The van der Waals surface area contributed by atoms with Crippen LogP contribution < -0.4 is 4.72 Å². The predicted octanol–water partition coefficient (Wildman–Crippen LogP) is 4.61. The zero-order valence-electron chi connectivity index (χ0n) is 19.9. The Labute approximate surface area is 210 Å². The summed E-state index contributed by atoms with van der Waals surface area (Å²) in [4.78, 5) is 23.1. The number of carbonyl (C=O) groups is 1. The summed E-state index contributed by atoms with van der Waals surface area (Å²) >= 11 is 0. The molecular formula is C28H28N4O3S. The molecule has 0 spiro atoms. The van der Waals surface area contributed by atoms with Crippen molar-refractivity contribution in [2.45, 2.75) is 49.7 Å². The normalized spacial score (nSPS) is 19.9. The maximum absolute atomic E-state index is 13.1. The van der Waals surface area contributed by atoms with Crippen LogP contribution in [0.5, 0.6) is 0 Å². The Hall–Kier alpha value is -3.49. The van der Waals surface area contributed by atoms with E-state index in [0.717, 1.165) is 11.1 Å². The smallest absolute Gasteiger partial charge is 0.240 e. The van der Waals surface area contributed by atoms with E-state index in [4.69, 9.17) is 0 Å². The van der Waals surface area contributed by atoms with Crippen LogP contribution >= 0.6 is 0 Å². The molecular weight excluding hydrogens is 472 g/mol. The first-order valence-corrected chi connectivity index (χ1v) is 13.9. The lowest BCUT2D eigenvalue weighted by molar-refractivity contribution is -0.137. The number of carbonyl (C=O) groups excluding carboxylic acids is 1. The van der Waals surface area contributed by atoms with Crippen molar-refractivity contribution in [3.63, 3.8) is 0 Å².